The molecule has 1 saturated carbocycles. The molecule has 1 aliphatic rings. The Morgan fingerprint density at radius 1 is 0.920 bits per heavy atom. The monoisotopic (exact) mass is 372 g/mol. The molecule has 128 valence electrons. The molecule has 1 aromatic heterocycles. The van der Waals surface area contributed by atoms with E-state index in [2.05, 4.69) is 15.6 Å². The van der Waals surface area contributed by atoms with Gasteiger partial charge < -0.3 is 10.6 Å². The SMILES string of the molecule is Clc1cc(Cl)cc(Nc2nc(NC3CCCC3)c3ccccc3n2)c1. The number of nitrogens with zero attached hydrogens (tertiary/aromatic N) is 2. The van der Waals surface area contributed by atoms with E-state index in [0.717, 1.165) is 22.4 Å². The van der Waals surface area contributed by atoms with Crippen LogP contribution >= 0.6 is 23.2 Å². The molecule has 2 N–H and O–H groups in total. The fourth-order valence-electron chi connectivity index (χ4n) is 3.26. The molecule has 0 amide bonds. The zero-order valence-electron chi connectivity index (χ0n) is 13.6. The Hall–Kier alpha value is -2.04. The van der Waals surface area contributed by atoms with E-state index in [-0.39, 0.29) is 0 Å². The van der Waals surface area contributed by atoms with Gasteiger partial charge >= 0.3 is 0 Å². The molecule has 1 aliphatic carbocycles. The summed E-state index contributed by atoms with van der Waals surface area (Å²) in [6.07, 6.45) is 4.91. The van der Waals surface area contributed by atoms with Crippen LogP contribution < -0.4 is 10.6 Å². The number of benzene rings is 2. The Kier molecular flexibility index (Phi) is 4.64. The largest absolute Gasteiger partial charge is 0.367 e. The average molecular weight is 373 g/mol. The van der Waals surface area contributed by atoms with Crippen molar-refractivity contribution in [2.75, 3.05) is 10.6 Å². The normalized spacial score (nSPS) is 14.8. The van der Waals surface area contributed by atoms with Gasteiger partial charge in [-0.3, -0.25) is 0 Å². The summed E-state index contributed by atoms with van der Waals surface area (Å²) < 4.78 is 0. The Balaban J connectivity index is 1.70. The lowest BCUT2D eigenvalue weighted by Gasteiger charge is -2.16. The molecule has 1 fully saturated rings. The van der Waals surface area contributed by atoms with E-state index in [1.165, 1.54) is 25.7 Å². The second kappa shape index (κ2) is 7.06. The van der Waals surface area contributed by atoms with Gasteiger partial charge in [0, 0.05) is 27.2 Å². The number of aromatic nitrogens is 2. The fourth-order valence-corrected chi connectivity index (χ4v) is 3.79. The van der Waals surface area contributed by atoms with Gasteiger partial charge in [0.05, 0.1) is 5.52 Å². The molecule has 0 spiro atoms. The minimum Gasteiger partial charge on any atom is -0.367 e. The maximum atomic E-state index is 6.08. The van der Waals surface area contributed by atoms with Crippen LogP contribution in [0.5, 0.6) is 0 Å². The highest BCUT2D eigenvalue weighted by Gasteiger charge is 2.17. The van der Waals surface area contributed by atoms with Crippen molar-refractivity contribution in [1.29, 1.82) is 0 Å². The van der Waals surface area contributed by atoms with Crippen molar-refractivity contribution in [2.45, 2.75) is 31.7 Å². The third-order valence-electron chi connectivity index (χ3n) is 4.42. The number of hydrogen-bond acceptors (Lipinski definition) is 4. The molecule has 6 heteroatoms. The molecule has 4 rings (SSSR count). The van der Waals surface area contributed by atoms with Gasteiger partial charge in [0.1, 0.15) is 5.82 Å². The molecule has 0 unspecified atom stereocenters. The first-order valence-electron chi connectivity index (χ1n) is 8.44. The van der Waals surface area contributed by atoms with Crippen molar-refractivity contribution in [1.82, 2.24) is 9.97 Å². The van der Waals surface area contributed by atoms with Crippen molar-refractivity contribution in [3.8, 4) is 0 Å². The molecule has 2 aromatic carbocycles. The van der Waals surface area contributed by atoms with Crippen LogP contribution in [0.2, 0.25) is 10.0 Å². The predicted octanol–water partition coefficient (Wildman–Crippen LogP) is 6.03. The summed E-state index contributed by atoms with van der Waals surface area (Å²) in [4.78, 5) is 9.32. The van der Waals surface area contributed by atoms with Crippen molar-refractivity contribution in [3.63, 3.8) is 0 Å². The zero-order valence-corrected chi connectivity index (χ0v) is 15.1. The maximum Gasteiger partial charge on any atom is 0.229 e. The van der Waals surface area contributed by atoms with Crippen LogP contribution in [0.4, 0.5) is 17.5 Å². The van der Waals surface area contributed by atoms with E-state index < -0.39 is 0 Å². The third kappa shape index (κ3) is 3.80. The van der Waals surface area contributed by atoms with Crippen LogP contribution in [0.15, 0.2) is 42.5 Å². The molecular formula is C19H18Cl2N4. The van der Waals surface area contributed by atoms with Gasteiger partial charge in [-0.15, -0.1) is 0 Å². The van der Waals surface area contributed by atoms with Crippen LogP contribution in [0.3, 0.4) is 0 Å². The van der Waals surface area contributed by atoms with Gasteiger partial charge in [0.15, 0.2) is 0 Å². The van der Waals surface area contributed by atoms with Crippen molar-refractivity contribution >= 4 is 51.6 Å². The van der Waals surface area contributed by atoms with Crippen molar-refractivity contribution < 1.29 is 0 Å². The number of anilines is 3. The molecule has 4 nitrogen and oxygen atoms in total. The van der Waals surface area contributed by atoms with Gasteiger partial charge in [-0.1, -0.05) is 48.2 Å². The standard InChI is InChI=1S/C19H18Cl2N4/c20-12-9-13(21)11-15(10-12)23-19-24-17-8-4-3-7-16(17)18(25-19)22-14-5-1-2-6-14/h3-4,7-11,14H,1-2,5-6H2,(H2,22,23,24,25). The fraction of sp³-hybridized carbons (Fsp3) is 0.263. The van der Waals surface area contributed by atoms with Crippen LogP contribution in [0.25, 0.3) is 10.9 Å². The smallest absolute Gasteiger partial charge is 0.229 e. The number of rotatable bonds is 4. The molecule has 1 heterocycles. The summed E-state index contributed by atoms with van der Waals surface area (Å²) in [5.74, 6) is 1.39. The van der Waals surface area contributed by atoms with Gasteiger partial charge in [-0.25, -0.2) is 4.98 Å². The zero-order chi connectivity index (χ0) is 17.2. The van der Waals surface area contributed by atoms with Crippen LogP contribution in [0, 0.1) is 0 Å². The van der Waals surface area contributed by atoms with E-state index in [4.69, 9.17) is 28.2 Å². The average Bonchev–Trinajstić information content (AvgIpc) is 3.07. The molecule has 0 saturated heterocycles. The summed E-state index contributed by atoms with van der Waals surface area (Å²) in [5, 5.41) is 8.97. The Morgan fingerprint density at radius 3 is 2.40 bits per heavy atom. The lowest BCUT2D eigenvalue weighted by molar-refractivity contribution is 0.752. The van der Waals surface area contributed by atoms with E-state index in [1.807, 2.05) is 24.3 Å². The molecule has 0 atom stereocenters. The number of halogens is 2. The molecule has 0 bridgehead atoms. The summed E-state index contributed by atoms with van der Waals surface area (Å²) >= 11 is 12.2. The first kappa shape index (κ1) is 16.4. The number of para-hydroxylation sites is 1. The molecule has 3 aromatic rings. The topological polar surface area (TPSA) is 49.8 Å². The summed E-state index contributed by atoms with van der Waals surface area (Å²) in [5.41, 5.74) is 1.66. The summed E-state index contributed by atoms with van der Waals surface area (Å²) in [6, 6.07) is 13.8. The highest BCUT2D eigenvalue weighted by atomic mass is 35.5. The summed E-state index contributed by atoms with van der Waals surface area (Å²) in [6.45, 7) is 0. The van der Waals surface area contributed by atoms with Gasteiger partial charge in [0.25, 0.3) is 0 Å². The van der Waals surface area contributed by atoms with E-state index in [1.54, 1.807) is 18.2 Å². The van der Waals surface area contributed by atoms with Gasteiger partial charge in [-0.2, -0.15) is 4.98 Å². The maximum absolute atomic E-state index is 6.08. The lowest BCUT2D eigenvalue weighted by Crippen LogP contribution is -2.16. The molecule has 25 heavy (non-hydrogen) atoms. The number of nitrogens with one attached hydrogen (secondary N) is 2. The molecule has 0 aliphatic heterocycles. The minimum absolute atomic E-state index is 0.478. The van der Waals surface area contributed by atoms with Crippen LogP contribution in [-0.4, -0.2) is 16.0 Å². The van der Waals surface area contributed by atoms with Crippen LogP contribution in [-0.2, 0) is 0 Å². The van der Waals surface area contributed by atoms with Crippen LogP contribution in [0.1, 0.15) is 25.7 Å². The van der Waals surface area contributed by atoms with E-state index in [0.29, 0.717) is 22.0 Å². The predicted molar refractivity (Wildman–Crippen MR) is 105 cm³/mol. The molecular weight excluding hydrogens is 355 g/mol. The van der Waals surface area contributed by atoms with Crippen molar-refractivity contribution in [2.24, 2.45) is 0 Å². The Morgan fingerprint density at radius 2 is 1.64 bits per heavy atom. The minimum atomic E-state index is 0.478. The third-order valence-corrected chi connectivity index (χ3v) is 4.85. The van der Waals surface area contributed by atoms with Gasteiger partial charge in [-0.05, 0) is 43.2 Å². The highest BCUT2D eigenvalue weighted by Crippen LogP contribution is 2.29. The molecule has 0 radical (unpaired) electrons. The Bertz CT molecular complexity index is 887. The highest BCUT2D eigenvalue weighted by molar-refractivity contribution is 6.35. The first-order chi connectivity index (χ1) is 12.2. The number of hydrogen-bond donors (Lipinski definition) is 2. The quantitative estimate of drug-likeness (QED) is 0.586. The lowest BCUT2D eigenvalue weighted by atomic mass is 10.2. The van der Waals surface area contributed by atoms with Gasteiger partial charge in [0.2, 0.25) is 5.95 Å². The van der Waals surface area contributed by atoms with Crippen molar-refractivity contribution in [3.05, 3.63) is 52.5 Å². The van der Waals surface area contributed by atoms with E-state index >= 15 is 0 Å². The second-order valence-corrected chi connectivity index (χ2v) is 7.19. The first-order valence-corrected chi connectivity index (χ1v) is 9.19. The Labute approximate surface area is 156 Å². The second-order valence-electron chi connectivity index (χ2n) is 6.32. The van der Waals surface area contributed by atoms with E-state index in [9.17, 15) is 0 Å². The summed E-state index contributed by atoms with van der Waals surface area (Å²) in [7, 11) is 0. The number of fused-ring (bicyclic) bond motifs is 1.